The maximum Gasteiger partial charge on any atom is 0.373 e. The van der Waals surface area contributed by atoms with Gasteiger partial charge in [-0.2, -0.15) is 0 Å². The Hall–Kier alpha value is -3.16. The first kappa shape index (κ1) is 13.8. The molecule has 0 bridgehead atoms. The second kappa shape index (κ2) is 6.08. The highest BCUT2D eigenvalue weighted by Crippen LogP contribution is 2.17. The normalized spacial score (nSPS) is 10.4. The molecule has 0 saturated carbocycles. The zero-order chi connectivity index (χ0) is 15.4. The van der Waals surface area contributed by atoms with Crippen molar-refractivity contribution in [2.75, 3.05) is 7.11 Å². The van der Waals surface area contributed by atoms with Gasteiger partial charge >= 0.3 is 5.97 Å². The Kier molecular flexibility index (Phi) is 3.82. The molecule has 0 spiro atoms. The number of furan rings is 1. The van der Waals surface area contributed by atoms with E-state index in [4.69, 9.17) is 9.15 Å². The summed E-state index contributed by atoms with van der Waals surface area (Å²) in [6, 6.07) is 10.5. The minimum atomic E-state index is -0.517. The highest BCUT2D eigenvalue weighted by atomic mass is 16.5. The Balaban J connectivity index is 1.62. The quantitative estimate of drug-likeness (QED) is 0.661. The topological polar surface area (TPSA) is 92.3 Å². The monoisotopic (exact) mass is 300 g/mol. The fourth-order valence-corrected chi connectivity index (χ4v) is 1.79. The summed E-state index contributed by atoms with van der Waals surface area (Å²) in [5, 5.41) is 10.9. The van der Waals surface area contributed by atoms with E-state index in [1.807, 2.05) is 12.1 Å². The predicted octanol–water partition coefficient (Wildman–Crippen LogP) is 1.62. The third kappa shape index (κ3) is 2.95. The van der Waals surface area contributed by atoms with Crippen molar-refractivity contribution >= 4 is 5.97 Å². The lowest BCUT2D eigenvalue weighted by Gasteiger charge is -2.05. The van der Waals surface area contributed by atoms with Gasteiger partial charge < -0.3 is 13.9 Å². The molecule has 0 saturated heterocycles. The maximum atomic E-state index is 11.3. The van der Waals surface area contributed by atoms with E-state index < -0.39 is 5.97 Å². The van der Waals surface area contributed by atoms with E-state index in [9.17, 15) is 4.79 Å². The van der Waals surface area contributed by atoms with Gasteiger partial charge in [0.1, 0.15) is 24.4 Å². The van der Waals surface area contributed by atoms with Crippen molar-refractivity contribution in [3.05, 3.63) is 54.2 Å². The van der Waals surface area contributed by atoms with Crippen LogP contribution in [0.25, 0.3) is 5.69 Å². The largest absolute Gasteiger partial charge is 0.486 e. The predicted molar refractivity (Wildman–Crippen MR) is 73.5 cm³/mol. The van der Waals surface area contributed by atoms with Crippen LogP contribution in [0.4, 0.5) is 0 Å². The molecule has 2 aromatic heterocycles. The van der Waals surface area contributed by atoms with E-state index in [1.165, 1.54) is 13.4 Å². The summed E-state index contributed by atoms with van der Waals surface area (Å²) in [7, 11) is 1.30. The zero-order valence-corrected chi connectivity index (χ0v) is 11.7. The number of hydrogen-bond donors (Lipinski definition) is 0. The summed E-state index contributed by atoms with van der Waals surface area (Å²) in [4.78, 5) is 11.3. The average Bonchev–Trinajstić information content (AvgIpc) is 3.24. The molecular formula is C14H12N4O4. The van der Waals surface area contributed by atoms with Gasteiger partial charge in [-0.3, -0.25) is 0 Å². The number of carbonyl (C=O) groups excluding carboxylic acids is 1. The van der Waals surface area contributed by atoms with Crippen molar-refractivity contribution in [3.63, 3.8) is 0 Å². The highest BCUT2D eigenvalue weighted by molar-refractivity contribution is 5.86. The van der Waals surface area contributed by atoms with Gasteiger partial charge in [0.05, 0.1) is 12.8 Å². The minimum absolute atomic E-state index is 0.148. The van der Waals surface area contributed by atoms with Crippen LogP contribution in [0.15, 0.2) is 47.1 Å². The fraction of sp³-hybridized carbons (Fsp3) is 0.143. The second-order valence-electron chi connectivity index (χ2n) is 4.29. The SMILES string of the molecule is COC(=O)c1ccc(COc2ccc(-n3cnnn3)cc2)o1. The van der Waals surface area contributed by atoms with Crippen LogP contribution < -0.4 is 4.74 Å². The van der Waals surface area contributed by atoms with Crippen molar-refractivity contribution in [1.82, 2.24) is 20.2 Å². The van der Waals surface area contributed by atoms with Crippen molar-refractivity contribution in [3.8, 4) is 11.4 Å². The summed E-state index contributed by atoms with van der Waals surface area (Å²) >= 11 is 0. The van der Waals surface area contributed by atoms with Gasteiger partial charge in [-0.05, 0) is 46.8 Å². The number of ether oxygens (including phenoxy) is 2. The van der Waals surface area contributed by atoms with Gasteiger partial charge in [-0.25, -0.2) is 9.48 Å². The summed E-state index contributed by atoms with van der Waals surface area (Å²) in [6.07, 6.45) is 1.51. The first-order chi connectivity index (χ1) is 10.8. The molecule has 0 atom stereocenters. The number of rotatable bonds is 5. The lowest BCUT2D eigenvalue weighted by Crippen LogP contribution is -1.99. The smallest absolute Gasteiger partial charge is 0.373 e. The van der Waals surface area contributed by atoms with E-state index in [1.54, 1.807) is 28.9 Å². The van der Waals surface area contributed by atoms with Crippen LogP contribution in [0.5, 0.6) is 5.75 Å². The van der Waals surface area contributed by atoms with Crippen LogP contribution in [-0.4, -0.2) is 33.3 Å². The average molecular weight is 300 g/mol. The molecule has 112 valence electrons. The number of esters is 1. The molecule has 0 radical (unpaired) electrons. The maximum absolute atomic E-state index is 11.3. The van der Waals surface area contributed by atoms with Crippen LogP contribution >= 0.6 is 0 Å². The van der Waals surface area contributed by atoms with Gasteiger partial charge in [0.25, 0.3) is 0 Å². The van der Waals surface area contributed by atoms with Crippen molar-refractivity contribution in [2.24, 2.45) is 0 Å². The number of hydrogen-bond acceptors (Lipinski definition) is 7. The molecule has 2 heterocycles. The van der Waals surface area contributed by atoms with Crippen molar-refractivity contribution in [1.29, 1.82) is 0 Å². The highest BCUT2D eigenvalue weighted by Gasteiger charge is 2.11. The Morgan fingerprint density at radius 2 is 2.05 bits per heavy atom. The third-order valence-corrected chi connectivity index (χ3v) is 2.88. The van der Waals surface area contributed by atoms with Crippen LogP contribution in [0, 0.1) is 0 Å². The molecule has 0 unspecified atom stereocenters. The molecule has 0 aliphatic rings. The summed E-state index contributed by atoms with van der Waals surface area (Å²) < 4.78 is 17.0. The van der Waals surface area contributed by atoms with Crippen molar-refractivity contribution in [2.45, 2.75) is 6.61 Å². The first-order valence-corrected chi connectivity index (χ1v) is 6.39. The number of nitrogens with zero attached hydrogens (tertiary/aromatic N) is 4. The van der Waals surface area contributed by atoms with Gasteiger partial charge in [-0.15, -0.1) is 5.10 Å². The van der Waals surface area contributed by atoms with Crippen molar-refractivity contribution < 1.29 is 18.7 Å². The molecular weight excluding hydrogens is 288 g/mol. The minimum Gasteiger partial charge on any atom is -0.486 e. The molecule has 0 aliphatic heterocycles. The van der Waals surface area contributed by atoms with Crippen LogP contribution in [0.2, 0.25) is 0 Å². The van der Waals surface area contributed by atoms with Crippen LogP contribution in [0.3, 0.4) is 0 Å². The van der Waals surface area contributed by atoms with E-state index in [0.29, 0.717) is 11.5 Å². The second-order valence-corrected chi connectivity index (χ2v) is 4.29. The molecule has 3 rings (SSSR count). The molecule has 0 aliphatic carbocycles. The molecule has 1 aromatic carbocycles. The van der Waals surface area contributed by atoms with Crippen LogP contribution in [-0.2, 0) is 11.3 Å². The Morgan fingerprint density at radius 1 is 1.23 bits per heavy atom. The first-order valence-electron chi connectivity index (χ1n) is 6.39. The molecule has 0 fully saturated rings. The van der Waals surface area contributed by atoms with E-state index in [0.717, 1.165) is 5.69 Å². The standard InChI is InChI=1S/C14H12N4O4/c1-20-14(19)13-7-6-12(22-13)8-21-11-4-2-10(3-5-11)18-9-15-16-17-18/h2-7,9H,8H2,1H3. The van der Waals surface area contributed by atoms with Gasteiger partial charge in [0.15, 0.2) is 0 Å². The molecule has 0 amide bonds. The molecule has 8 nitrogen and oxygen atoms in total. The van der Waals surface area contributed by atoms with Gasteiger partial charge in [0.2, 0.25) is 5.76 Å². The lowest BCUT2D eigenvalue weighted by molar-refractivity contribution is 0.0561. The lowest BCUT2D eigenvalue weighted by atomic mass is 10.3. The Labute approximate surface area is 125 Å². The van der Waals surface area contributed by atoms with Gasteiger partial charge in [-0.1, -0.05) is 0 Å². The summed E-state index contributed by atoms with van der Waals surface area (Å²) in [5.74, 6) is 0.824. The van der Waals surface area contributed by atoms with E-state index in [2.05, 4.69) is 20.3 Å². The fourth-order valence-electron chi connectivity index (χ4n) is 1.79. The van der Waals surface area contributed by atoms with E-state index in [-0.39, 0.29) is 12.4 Å². The number of tetrazole rings is 1. The number of carbonyl (C=O) groups is 1. The molecule has 0 N–H and O–H groups in total. The summed E-state index contributed by atoms with van der Waals surface area (Å²) in [5.41, 5.74) is 0.823. The number of aromatic nitrogens is 4. The van der Waals surface area contributed by atoms with E-state index >= 15 is 0 Å². The Morgan fingerprint density at radius 3 is 2.73 bits per heavy atom. The molecule has 3 aromatic rings. The summed E-state index contributed by atoms with van der Waals surface area (Å²) in [6.45, 7) is 0.210. The van der Waals surface area contributed by atoms with Gasteiger partial charge in [0, 0.05) is 0 Å². The van der Waals surface area contributed by atoms with Crippen LogP contribution in [0.1, 0.15) is 16.3 Å². The number of methoxy groups -OCH3 is 1. The zero-order valence-electron chi connectivity index (χ0n) is 11.7. The number of benzene rings is 1. The third-order valence-electron chi connectivity index (χ3n) is 2.88. The molecule has 8 heteroatoms. The Bertz CT molecular complexity index is 750. The molecule has 22 heavy (non-hydrogen) atoms.